The summed E-state index contributed by atoms with van der Waals surface area (Å²) < 4.78 is 0. The van der Waals surface area contributed by atoms with Crippen LogP contribution in [0.3, 0.4) is 0 Å². The van der Waals surface area contributed by atoms with Crippen molar-refractivity contribution in [3.05, 3.63) is 30.6 Å². The lowest BCUT2D eigenvalue weighted by Crippen LogP contribution is -2.21. The zero-order chi connectivity index (χ0) is 14.6. The van der Waals surface area contributed by atoms with Gasteiger partial charge in [-0.2, -0.15) is 0 Å². The van der Waals surface area contributed by atoms with Gasteiger partial charge in [0.25, 0.3) is 0 Å². The highest BCUT2D eigenvalue weighted by Crippen LogP contribution is 1.73. The summed E-state index contributed by atoms with van der Waals surface area (Å²) in [7, 11) is 0. The van der Waals surface area contributed by atoms with E-state index in [1.165, 1.54) is 0 Å². The summed E-state index contributed by atoms with van der Waals surface area (Å²) >= 11 is 0. The topological polar surface area (TPSA) is 174 Å². The summed E-state index contributed by atoms with van der Waals surface area (Å²) in [5.41, 5.74) is 8.39. The molecule has 0 aliphatic carbocycles. The number of aliphatic carboxylic acids is 2. The molecule has 0 spiro atoms. The maximum atomic E-state index is 9.32. The predicted octanol–water partition coefficient (Wildman–Crippen LogP) is -1.81. The van der Waals surface area contributed by atoms with E-state index in [9.17, 15) is 19.2 Å². The van der Waals surface area contributed by atoms with Gasteiger partial charge in [-0.1, -0.05) is 6.07 Å². The van der Waals surface area contributed by atoms with Crippen molar-refractivity contribution in [3.8, 4) is 0 Å². The monoisotopic (exact) mass is 257 g/mol. The number of aromatic nitrogens is 1. The Hall–Kier alpha value is -2.97. The molecule has 1 heterocycles. The number of carbonyl (C=O) groups excluding carboxylic acids is 2. The Morgan fingerprint density at radius 1 is 0.778 bits per heavy atom. The van der Waals surface area contributed by atoms with E-state index >= 15 is 0 Å². The minimum Gasteiger partial charge on any atom is -0.474 e. The van der Waals surface area contributed by atoms with Crippen LogP contribution in [-0.2, 0) is 19.2 Å². The molecular formula is C9H11N3O6. The van der Waals surface area contributed by atoms with Crippen LogP contribution in [0.2, 0.25) is 0 Å². The molecule has 0 saturated heterocycles. The lowest BCUT2D eigenvalue weighted by atomic mass is 10.5. The molecule has 0 atom stereocenters. The Balaban J connectivity index is 0. The minimum absolute atomic E-state index is 1.32. The van der Waals surface area contributed by atoms with E-state index in [-0.39, 0.29) is 0 Å². The van der Waals surface area contributed by atoms with Crippen molar-refractivity contribution >= 4 is 23.8 Å². The van der Waals surface area contributed by atoms with Gasteiger partial charge in [0.05, 0.1) is 0 Å². The highest BCUT2D eigenvalue weighted by Gasteiger charge is 2.00. The molecule has 98 valence electrons. The molecule has 0 aromatic carbocycles. The Kier molecular flexibility index (Phi) is 10.2. The number of rotatable bonds is 0. The third-order valence-electron chi connectivity index (χ3n) is 0.988. The number of amides is 2. The highest BCUT2D eigenvalue weighted by molar-refractivity contribution is 6.31. The highest BCUT2D eigenvalue weighted by atomic mass is 16.4. The number of hydrogen-bond donors (Lipinski definition) is 4. The van der Waals surface area contributed by atoms with Crippen molar-refractivity contribution < 1.29 is 29.4 Å². The fraction of sp³-hybridized carbons (Fsp3) is 0. The molecule has 18 heavy (non-hydrogen) atoms. The van der Waals surface area contributed by atoms with Gasteiger partial charge in [0.1, 0.15) is 0 Å². The molecule has 0 saturated carbocycles. The van der Waals surface area contributed by atoms with E-state index in [1.807, 2.05) is 18.2 Å². The first-order valence-electron chi connectivity index (χ1n) is 4.19. The molecule has 2 amide bonds. The van der Waals surface area contributed by atoms with Crippen LogP contribution in [0.15, 0.2) is 30.6 Å². The average molecular weight is 257 g/mol. The average Bonchev–Trinajstić information content (AvgIpc) is 2.32. The maximum absolute atomic E-state index is 9.32. The molecule has 0 bridgehead atoms. The van der Waals surface area contributed by atoms with Crippen LogP contribution < -0.4 is 11.5 Å². The lowest BCUT2D eigenvalue weighted by molar-refractivity contribution is -0.148. The first kappa shape index (κ1) is 17.4. The molecule has 0 aliphatic heterocycles. The molecular weight excluding hydrogens is 246 g/mol. The lowest BCUT2D eigenvalue weighted by Gasteiger charge is -1.74. The van der Waals surface area contributed by atoms with Gasteiger partial charge in [-0.15, -0.1) is 0 Å². The van der Waals surface area contributed by atoms with Gasteiger partial charge in [0.15, 0.2) is 0 Å². The summed E-state index contributed by atoms with van der Waals surface area (Å²) in [5, 5.41) is 15.0. The third-order valence-corrected chi connectivity index (χ3v) is 0.988. The second-order valence-corrected chi connectivity index (χ2v) is 2.36. The third kappa shape index (κ3) is 15.5. The van der Waals surface area contributed by atoms with E-state index in [0.29, 0.717) is 0 Å². The quantitative estimate of drug-likeness (QED) is 0.396. The smallest absolute Gasteiger partial charge is 0.394 e. The molecule has 0 unspecified atom stereocenters. The standard InChI is InChI=1S/C5H5N.2C2H3NO3/c1-2-4-6-5-3-1;2*3-1(4)2(5)6/h1-5H;2*(H2,3,4)(H,5,6). The van der Waals surface area contributed by atoms with Gasteiger partial charge >= 0.3 is 23.8 Å². The van der Waals surface area contributed by atoms with E-state index in [4.69, 9.17) is 10.2 Å². The fourth-order valence-electron chi connectivity index (χ4n) is 0.313. The summed E-state index contributed by atoms with van der Waals surface area (Å²) in [6.07, 6.45) is 3.50. The second kappa shape index (κ2) is 10.5. The number of carboxylic acid groups (broad SMARTS) is 2. The molecule has 1 aromatic heterocycles. The van der Waals surface area contributed by atoms with Crippen molar-refractivity contribution in [3.63, 3.8) is 0 Å². The Bertz CT molecular complexity index is 331. The van der Waals surface area contributed by atoms with Crippen molar-refractivity contribution in [1.29, 1.82) is 0 Å². The Labute approximate surface area is 101 Å². The van der Waals surface area contributed by atoms with Gasteiger partial charge in [-0.05, 0) is 12.1 Å². The van der Waals surface area contributed by atoms with Gasteiger partial charge < -0.3 is 21.7 Å². The number of primary amides is 2. The van der Waals surface area contributed by atoms with Crippen LogP contribution in [0.5, 0.6) is 0 Å². The van der Waals surface area contributed by atoms with Crippen LogP contribution in [0, 0.1) is 0 Å². The van der Waals surface area contributed by atoms with Crippen molar-refractivity contribution in [2.45, 2.75) is 0 Å². The molecule has 0 radical (unpaired) electrons. The summed E-state index contributed by atoms with van der Waals surface area (Å²) in [6, 6.07) is 5.72. The van der Waals surface area contributed by atoms with Gasteiger partial charge in [-0.3, -0.25) is 14.6 Å². The molecule has 1 rings (SSSR count). The van der Waals surface area contributed by atoms with Gasteiger partial charge in [-0.25, -0.2) is 9.59 Å². The minimum atomic E-state index is -1.60. The van der Waals surface area contributed by atoms with Crippen LogP contribution >= 0.6 is 0 Å². The molecule has 1 aromatic rings. The molecule has 9 nitrogen and oxygen atoms in total. The molecule has 6 N–H and O–H groups in total. The summed E-state index contributed by atoms with van der Waals surface area (Å²) in [5.74, 6) is -5.85. The maximum Gasteiger partial charge on any atom is 0.394 e. The van der Waals surface area contributed by atoms with Crippen molar-refractivity contribution in [1.82, 2.24) is 4.98 Å². The number of carbonyl (C=O) groups is 4. The van der Waals surface area contributed by atoms with E-state index in [2.05, 4.69) is 16.5 Å². The zero-order valence-electron chi connectivity index (χ0n) is 9.02. The predicted molar refractivity (Wildman–Crippen MR) is 57.9 cm³/mol. The fourth-order valence-corrected chi connectivity index (χ4v) is 0.313. The van der Waals surface area contributed by atoms with Crippen LogP contribution in [0.4, 0.5) is 0 Å². The number of pyridine rings is 1. The summed E-state index contributed by atoms with van der Waals surface area (Å²) in [4.78, 5) is 40.9. The molecule has 9 heteroatoms. The SMILES string of the molecule is NC(=O)C(=O)O.NC(=O)C(=O)O.c1ccncc1. The van der Waals surface area contributed by atoms with Crippen LogP contribution in [0.25, 0.3) is 0 Å². The molecule has 0 aliphatic rings. The Morgan fingerprint density at radius 2 is 1.06 bits per heavy atom. The van der Waals surface area contributed by atoms with Crippen molar-refractivity contribution in [2.75, 3.05) is 0 Å². The van der Waals surface area contributed by atoms with Gasteiger partial charge in [0.2, 0.25) is 0 Å². The first-order valence-corrected chi connectivity index (χ1v) is 4.19. The van der Waals surface area contributed by atoms with Crippen molar-refractivity contribution in [2.24, 2.45) is 11.5 Å². The van der Waals surface area contributed by atoms with E-state index < -0.39 is 23.8 Å². The van der Waals surface area contributed by atoms with Crippen LogP contribution in [0.1, 0.15) is 0 Å². The number of nitrogens with zero attached hydrogens (tertiary/aromatic N) is 1. The number of carboxylic acids is 2. The first-order chi connectivity index (χ1) is 8.29. The van der Waals surface area contributed by atoms with Gasteiger partial charge in [0, 0.05) is 12.4 Å². The van der Waals surface area contributed by atoms with Crippen LogP contribution in [-0.4, -0.2) is 39.0 Å². The Morgan fingerprint density at radius 3 is 1.11 bits per heavy atom. The molecule has 0 fully saturated rings. The largest absolute Gasteiger partial charge is 0.474 e. The van der Waals surface area contributed by atoms with E-state index in [0.717, 1.165) is 0 Å². The number of nitrogens with two attached hydrogens (primary N) is 2. The second-order valence-electron chi connectivity index (χ2n) is 2.36. The number of hydrogen-bond acceptors (Lipinski definition) is 5. The van der Waals surface area contributed by atoms with E-state index in [1.54, 1.807) is 12.4 Å². The zero-order valence-corrected chi connectivity index (χ0v) is 9.02. The summed E-state index contributed by atoms with van der Waals surface area (Å²) in [6.45, 7) is 0. The normalized spacial score (nSPS) is 7.56.